The van der Waals surface area contributed by atoms with Crippen LogP contribution in [0.2, 0.25) is 0 Å². The number of rotatable bonds is 5. The van der Waals surface area contributed by atoms with Crippen molar-refractivity contribution in [2.45, 2.75) is 6.61 Å². The molecule has 8 heteroatoms. The van der Waals surface area contributed by atoms with Crippen LogP contribution in [0.5, 0.6) is 0 Å². The number of nitrogens with one attached hydrogen (secondary N) is 1. The molecule has 2 heterocycles. The van der Waals surface area contributed by atoms with Crippen molar-refractivity contribution in [3.8, 4) is 0 Å². The van der Waals surface area contributed by atoms with Gasteiger partial charge < -0.3 is 19.7 Å². The molecule has 0 aliphatic carbocycles. The minimum absolute atomic E-state index is 0.0552. The predicted octanol–water partition coefficient (Wildman–Crippen LogP) is 1.17. The number of aromatic nitrogens is 2. The number of nitrogens with zero attached hydrogens (tertiary/aromatic N) is 2. The Balaban J connectivity index is 2.10. The number of methoxy groups -OCH3 is 1. The summed E-state index contributed by atoms with van der Waals surface area (Å²) >= 11 is 0. The third-order valence-corrected chi connectivity index (χ3v) is 2.29. The first-order valence-corrected chi connectivity index (χ1v) is 5.56. The first-order chi connectivity index (χ1) is 9.60. The summed E-state index contributed by atoms with van der Waals surface area (Å²) in [5.41, 5.74) is -0.109. The third kappa shape index (κ3) is 3.18. The van der Waals surface area contributed by atoms with E-state index in [2.05, 4.69) is 15.5 Å². The lowest BCUT2D eigenvalue weighted by Gasteiger charge is -2.02. The summed E-state index contributed by atoms with van der Waals surface area (Å²) in [5, 5.41) is 14.8. The van der Waals surface area contributed by atoms with Gasteiger partial charge in [0.2, 0.25) is 0 Å². The van der Waals surface area contributed by atoms with E-state index in [1.807, 2.05) is 0 Å². The Morgan fingerprint density at radius 3 is 2.90 bits per heavy atom. The van der Waals surface area contributed by atoms with E-state index in [1.54, 1.807) is 0 Å². The summed E-state index contributed by atoms with van der Waals surface area (Å²) in [6, 6.07) is 5.70. The highest BCUT2D eigenvalue weighted by molar-refractivity contribution is 6.02. The van der Waals surface area contributed by atoms with E-state index in [4.69, 9.17) is 14.4 Å². The smallest absolute Gasteiger partial charge is 0.354 e. The Kier molecular flexibility index (Phi) is 4.06. The van der Waals surface area contributed by atoms with Crippen molar-refractivity contribution in [3.05, 3.63) is 41.4 Å². The number of ether oxygens (including phenoxy) is 1. The average molecular weight is 277 g/mol. The van der Waals surface area contributed by atoms with Gasteiger partial charge in [0.25, 0.3) is 5.91 Å². The normalized spacial score (nSPS) is 10.2. The molecule has 2 rings (SSSR count). The number of anilines is 1. The number of hydrogen-bond acceptors (Lipinski definition) is 6. The lowest BCUT2D eigenvalue weighted by atomic mass is 10.3. The average Bonchev–Trinajstić information content (AvgIpc) is 2.88. The van der Waals surface area contributed by atoms with Gasteiger partial charge in [-0.2, -0.15) is 0 Å². The van der Waals surface area contributed by atoms with Crippen LogP contribution in [0.1, 0.15) is 26.7 Å². The first-order valence-electron chi connectivity index (χ1n) is 5.56. The molecule has 0 saturated heterocycles. The van der Waals surface area contributed by atoms with E-state index in [0.717, 1.165) is 0 Å². The van der Waals surface area contributed by atoms with Crippen LogP contribution in [0.15, 0.2) is 28.8 Å². The van der Waals surface area contributed by atoms with Crippen molar-refractivity contribution in [2.24, 2.45) is 0 Å². The molecule has 0 saturated carbocycles. The molecule has 0 fully saturated rings. The monoisotopic (exact) mass is 277 g/mol. The van der Waals surface area contributed by atoms with Gasteiger partial charge in [0.1, 0.15) is 12.4 Å². The van der Waals surface area contributed by atoms with E-state index in [9.17, 15) is 9.59 Å². The lowest BCUT2D eigenvalue weighted by molar-refractivity contribution is 0.0690. The molecule has 0 aromatic carbocycles. The number of amides is 1. The summed E-state index contributed by atoms with van der Waals surface area (Å²) in [6.07, 6.45) is 0. The molecular formula is C12H11N3O5. The molecule has 2 N–H and O–H groups in total. The second-order valence-electron chi connectivity index (χ2n) is 3.78. The van der Waals surface area contributed by atoms with Crippen LogP contribution in [0, 0.1) is 0 Å². The number of carbonyl (C=O) groups is 2. The Morgan fingerprint density at radius 1 is 1.40 bits per heavy atom. The van der Waals surface area contributed by atoms with Gasteiger partial charge in [-0.25, -0.2) is 9.78 Å². The third-order valence-electron chi connectivity index (χ3n) is 2.29. The number of hydrogen-bond donors (Lipinski definition) is 2. The van der Waals surface area contributed by atoms with Crippen molar-refractivity contribution >= 4 is 17.7 Å². The summed E-state index contributed by atoms with van der Waals surface area (Å²) in [6.45, 7) is 0.201. The molecule has 0 atom stereocenters. The van der Waals surface area contributed by atoms with Crippen molar-refractivity contribution in [3.63, 3.8) is 0 Å². The molecule has 0 radical (unpaired) electrons. The summed E-state index contributed by atoms with van der Waals surface area (Å²) < 4.78 is 9.71. The fourth-order valence-corrected chi connectivity index (χ4v) is 1.43. The van der Waals surface area contributed by atoms with Crippen LogP contribution in [0.3, 0.4) is 0 Å². The van der Waals surface area contributed by atoms with Gasteiger partial charge in [-0.05, 0) is 12.1 Å². The topological polar surface area (TPSA) is 115 Å². The molecule has 0 bridgehead atoms. The Hall–Kier alpha value is -2.74. The summed E-state index contributed by atoms with van der Waals surface area (Å²) in [4.78, 5) is 26.4. The van der Waals surface area contributed by atoms with Gasteiger partial charge in [-0.15, -0.1) is 0 Å². The van der Waals surface area contributed by atoms with Crippen molar-refractivity contribution in [1.29, 1.82) is 0 Å². The van der Waals surface area contributed by atoms with Crippen LogP contribution >= 0.6 is 0 Å². The minimum atomic E-state index is -1.18. The van der Waals surface area contributed by atoms with Crippen LogP contribution < -0.4 is 5.32 Å². The number of pyridine rings is 1. The van der Waals surface area contributed by atoms with Crippen molar-refractivity contribution < 1.29 is 24.0 Å². The van der Waals surface area contributed by atoms with Crippen LogP contribution in [0.25, 0.3) is 0 Å². The Labute approximate surface area is 113 Å². The van der Waals surface area contributed by atoms with Crippen LogP contribution in [-0.4, -0.2) is 34.2 Å². The van der Waals surface area contributed by atoms with Gasteiger partial charge >= 0.3 is 5.97 Å². The molecule has 8 nitrogen and oxygen atoms in total. The molecule has 104 valence electrons. The minimum Gasteiger partial charge on any atom is -0.477 e. The summed E-state index contributed by atoms with van der Waals surface area (Å²) in [7, 11) is 1.49. The van der Waals surface area contributed by atoms with E-state index in [0.29, 0.717) is 5.76 Å². The molecule has 0 aliphatic rings. The second-order valence-corrected chi connectivity index (χ2v) is 3.78. The number of aromatic carboxylic acids is 1. The molecule has 0 unspecified atom stereocenters. The van der Waals surface area contributed by atoms with Crippen LogP contribution in [-0.2, 0) is 11.3 Å². The predicted molar refractivity (Wildman–Crippen MR) is 66.4 cm³/mol. The Bertz CT molecular complexity index is 638. The Morgan fingerprint density at radius 2 is 2.20 bits per heavy atom. The fourth-order valence-electron chi connectivity index (χ4n) is 1.43. The highest BCUT2D eigenvalue weighted by Crippen LogP contribution is 2.09. The fraction of sp³-hybridized carbons (Fsp3) is 0.167. The van der Waals surface area contributed by atoms with Crippen LogP contribution in [0.4, 0.5) is 5.82 Å². The molecular weight excluding hydrogens is 266 g/mol. The zero-order chi connectivity index (χ0) is 14.5. The maximum Gasteiger partial charge on any atom is 0.354 e. The molecule has 0 aliphatic heterocycles. The molecule has 1 amide bonds. The number of carboxylic acids is 1. The summed E-state index contributed by atoms with van der Waals surface area (Å²) in [5.74, 6) is -1.20. The van der Waals surface area contributed by atoms with Crippen molar-refractivity contribution in [2.75, 3.05) is 12.4 Å². The van der Waals surface area contributed by atoms with Gasteiger partial charge in [0.05, 0.1) is 0 Å². The lowest BCUT2D eigenvalue weighted by Crippen LogP contribution is -2.14. The van der Waals surface area contributed by atoms with E-state index >= 15 is 0 Å². The van der Waals surface area contributed by atoms with E-state index in [1.165, 1.54) is 31.4 Å². The van der Waals surface area contributed by atoms with E-state index < -0.39 is 11.9 Å². The maximum atomic E-state index is 11.9. The van der Waals surface area contributed by atoms with Gasteiger partial charge in [-0.1, -0.05) is 11.2 Å². The van der Waals surface area contributed by atoms with Crippen molar-refractivity contribution in [1.82, 2.24) is 10.1 Å². The first kappa shape index (κ1) is 13.7. The second kappa shape index (κ2) is 5.93. The van der Waals surface area contributed by atoms with Gasteiger partial charge in [0.15, 0.2) is 17.1 Å². The largest absolute Gasteiger partial charge is 0.477 e. The standard InChI is InChI=1S/C12H11N3O5/c1-19-6-7-5-9(15-20-7)11(16)14-10-4-2-3-8(13-10)12(17)18/h2-5H,6H2,1H3,(H,17,18)(H,13,14,16). The highest BCUT2D eigenvalue weighted by Gasteiger charge is 2.14. The number of carboxylic acid groups (broad SMARTS) is 1. The van der Waals surface area contributed by atoms with Gasteiger partial charge in [-0.3, -0.25) is 4.79 Å². The zero-order valence-corrected chi connectivity index (χ0v) is 10.5. The number of carbonyl (C=O) groups excluding carboxylic acids is 1. The SMILES string of the molecule is COCc1cc(C(=O)Nc2cccc(C(=O)O)n2)no1. The molecule has 0 spiro atoms. The molecule has 2 aromatic rings. The quantitative estimate of drug-likeness (QED) is 0.842. The van der Waals surface area contributed by atoms with E-state index in [-0.39, 0.29) is 23.8 Å². The zero-order valence-electron chi connectivity index (χ0n) is 10.5. The maximum absolute atomic E-state index is 11.9. The highest BCUT2D eigenvalue weighted by atomic mass is 16.5. The molecule has 20 heavy (non-hydrogen) atoms. The molecule has 2 aromatic heterocycles. The van der Waals surface area contributed by atoms with Gasteiger partial charge in [0, 0.05) is 13.2 Å².